The third kappa shape index (κ3) is 3.15. The van der Waals surface area contributed by atoms with E-state index in [0.717, 1.165) is 5.75 Å². The van der Waals surface area contributed by atoms with E-state index in [1.807, 2.05) is 0 Å². The maximum atomic E-state index is 6.16. The average Bonchev–Trinajstić information content (AvgIpc) is 2.91. The molecular formula is C17H25NOS. The van der Waals surface area contributed by atoms with Crippen LogP contribution in [-0.4, -0.2) is 23.3 Å². The molecule has 0 aromatic heterocycles. The van der Waals surface area contributed by atoms with Crippen LogP contribution in [0.15, 0.2) is 24.3 Å². The van der Waals surface area contributed by atoms with Crippen molar-refractivity contribution in [3.05, 3.63) is 29.8 Å². The predicted octanol–water partition coefficient (Wildman–Crippen LogP) is 4.16. The number of ether oxygens (including phenoxy) is 1. The van der Waals surface area contributed by atoms with E-state index in [0.29, 0.717) is 16.9 Å². The fraction of sp³-hybridized carbons (Fsp3) is 0.647. The van der Waals surface area contributed by atoms with Crippen molar-refractivity contribution in [2.75, 3.05) is 12.3 Å². The smallest absolute Gasteiger partial charge is 0.119 e. The van der Waals surface area contributed by atoms with E-state index in [4.69, 9.17) is 4.74 Å². The Morgan fingerprint density at radius 1 is 1.20 bits per heavy atom. The van der Waals surface area contributed by atoms with Gasteiger partial charge in [-0.2, -0.15) is 0 Å². The van der Waals surface area contributed by atoms with Crippen LogP contribution < -0.4 is 10.1 Å². The molecule has 2 fully saturated rings. The van der Waals surface area contributed by atoms with Crippen LogP contribution in [0.2, 0.25) is 0 Å². The highest BCUT2D eigenvalue weighted by molar-refractivity contribution is 8.00. The van der Waals surface area contributed by atoms with Crippen molar-refractivity contribution in [3.8, 4) is 5.75 Å². The van der Waals surface area contributed by atoms with Gasteiger partial charge in [0.2, 0.25) is 0 Å². The molecule has 3 rings (SSSR count). The first kappa shape index (κ1) is 14.3. The van der Waals surface area contributed by atoms with Crippen molar-refractivity contribution in [1.29, 1.82) is 0 Å². The number of rotatable bonds is 3. The first-order valence-electron chi connectivity index (χ1n) is 7.82. The maximum Gasteiger partial charge on any atom is 0.119 e. The van der Waals surface area contributed by atoms with Crippen molar-refractivity contribution in [2.24, 2.45) is 0 Å². The molecule has 1 aromatic rings. The molecule has 1 saturated carbocycles. The minimum absolute atomic E-state index is 0.376. The molecule has 1 N–H and O–H groups in total. The Bertz CT molecular complexity index is 427. The third-order valence-corrected chi connectivity index (χ3v) is 6.03. The topological polar surface area (TPSA) is 21.3 Å². The molecule has 0 bridgehead atoms. The Morgan fingerprint density at radius 3 is 2.45 bits per heavy atom. The summed E-state index contributed by atoms with van der Waals surface area (Å²) >= 11 is 2.11. The standard InChI is InChI=1S/C17H25NOS/c1-13(2)14-3-5-15(6-4-14)19-16-7-9-17(10-8-16)18-11-12-20-17/h3-6,13,16,18H,7-12H2,1-2H3. The van der Waals surface area contributed by atoms with E-state index in [1.54, 1.807) is 0 Å². The Labute approximate surface area is 126 Å². The summed E-state index contributed by atoms with van der Waals surface area (Å²) in [6.07, 6.45) is 5.23. The average molecular weight is 291 g/mol. The number of nitrogens with one attached hydrogen (secondary N) is 1. The van der Waals surface area contributed by atoms with E-state index in [9.17, 15) is 0 Å². The Balaban J connectivity index is 1.54. The fourth-order valence-electron chi connectivity index (χ4n) is 3.20. The first-order chi connectivity index (χ1) is 9.67. The van der Waals surface area contributed by atoms with Crippen LogP contribution in [0.3, 0.4) is 0 Å². The maximum absolute atomic E-state index is 6.16. The molecule has 1 aliphatic heterocycles. The third-order valence-electron chi connectivity index (χ3n) is 4.52. The molecule has 20 heavy (non-hydrogen) atoms. The molecule has 2 nitrogen and oxygen atoms in total. The SMILES string of the molecule is CC(C)c1ccc(OC2CCC3(CC2)NCCS3)cc1. The van der Waals surface area contributed by atoms with E-state index < -0.39 is 0 Å². The summed E-state index contributed by atoms with van der Waals surface area (Å²) in [5.41, 5.74) is 1.38. The fourth-order valence-corrected chi connectivity index (χ4v) is 4.52. The van der Waals surface area contributed by atoms with Gasteiger partial charge in [-0.3, -0.25) is 0 Å². The molecule has 0 radical (unpaired) electrons. The zero-order chi connectivity index (χ0) is 14.0. The van der Waals surface area contributed by atoms with Gasteiger partial charge in [-0.25, -0.2) is 0 Å². The zero-order valence-electron chi connectivity index (χ0n) is 12.5. The van der Waals surface area contributed by atoms with Crippen molar-refractivity contribution in [1.82, 2.24) is 5.32 Å². The number of hydrogen-bond donors (Lipinski definition) is 1. The van der Waals surface area contributed by atoms with Crippen LogP contribution in [0.5, 0.6) is 5.75 Å². The van der Waals surface area contributed by atoms with Crippen molar-refractivity contribution < 1.29 is 4.74 Å². The van der Waals surface area contributed by atoms with Gasteiger partial charge in [0.1, 0.15) is 5.75 Å². The molecule has 0 unspecified atom stereocenters. The van der Waals surface area contributed by atoms with Crippen LogP contribution in [0.1, 0.15) is 51.0 Å². The van der Waals surface area contributed by atoms with Crippen molar-refractivity contribution in [2.45, 2.75) is 56.4 Å². The molecule has 1 aliphatic carbocycles. The summed E-state index contributed by atoms with van der Waals surface area (Å²) in [6, 6.07) is 8.64. The van der Waals surface area contributed by atoms with Gasteiger partial charge in [0.05, 0.1) is 11.0 Å². The van der Waals surface area contributed by atoms with Crippen LogP contribution in [0.4, 0.5) is 0 Å². The molecular weight excluding hydrogens is 266 g/mol. The molecule has 1 aromatic carbocycles. The van der Waals surface area contributed by atoms with Gasteiger partial charge < -0.3 is 10.1 Å². The summed E-state index contributed by atoms with van der Waals surface area (Å²) in [5.74, 6) is 2.88. The van der Waals surface area contributed by atoms with Crippen LogP contribution in [-0.2, 0) is 0 Å². The number of hydrogen-bond acceptors (Lipinski definition) is 3. The normalized spacial score (nSPS) is 30.1. The Kier molecular flexibility index (Phi) is 4.27. The summed E-state index contributed by atoms with van der Waals surface area (Å²) in [6.45, 7) is 5.62. The van der Waals surface area contributed by atoms with Gasteiger partial charge in [-0.15, -0.1) is 11.8 Å². The van der Waals surface area contributed by atoms with Gasteiger partial charge >= 0.3 is 0 Å². The zero-order valence-corrected chi connectivity index (χ0v) is 13.3. The summed E-state index contributed by atoms with van der Waals surface area (Å²) < 4.78 is 6.16. The Hall–Kier alpha value is -0.670. The van der Waals surface area contributed by atoms with E-state index in [-0.39, 0.29) is 0 Å². The summed E-state index contributed by atoms with van der Waals surface area (Å²) in [7, 11) is 0. The lowest BCUT2D eigenvalue weighted by Crippen LogP contribution is -2.42. The molecule has 2 aliphatic rings. The minimum atomic E-state index is 0.376. The second kappa shape index (κ2) is 5.98. The van der Waals surface area contributed by atoms with E-state index >= 15 is 0 Å². The van der Waals surface area contributed by atoms with Crippen LogP contribution in [0.25, 0.3) is 0 Å². The molecule has 1 heterocycles. The highest BCUT2D eigenvalue weighted by Crippen LogP contribution is 2.41. The van der Waals surface area contributed by atoms with Crippen molar-refractivity contribution >= 4 is 11.8 Å². The molecule has 3 heteroatoms. The molecule has 110 valence electrons. The second-order valence-corrected chi connectivity index (χ2v) is 7.79. The minimum Gasteiger partial charge on any atom is -0.490 e. The Morgan fingerprint density at radius 2 is 1.90 bits per heavy atom. The van der Waals surface area contributed by atoms with Crippen LogP contribution >= 0.6 is 11.8 Å². The lowest BCUT2D eigenvalue weighted by Gasteiger charge is -2.36. The monoisotopic (exact) mass is 291 g/mol. The molecule has 0 atom stereocenters. The largest absolute Gasteiger partial charge is 0.490 e. The molecule has 0 amide bonds. The van der Waals surface area contributed by atoms with Crippen LogP contribution in [0, 0.1) is 0 Å². The quantitative estimate of drug-likeness (QED) is 0.903. The molecule has 1 spiro atoms. The highest BCUT2D eigenvalue weighted by atomic mass is 32.2. The number of benzene rings is 1. The lowest BCUT2D eigenvalue weighted by molar-refractivity contribution is 0.134. The van der Waals surface area contributed by atoms with E-state index in [1.165, 1.54) is 43.5 Å². The van der Waals surface area contributed by atoms with Gasteiger partial charge in [-0.05, 0) is 49.3 Å². The van der Waals surface area contributed by atoms with Gasteiger partial charge in [0, 0.05) is 12.3 Å². The molecule has 1 saturated heterocycles. The lowest BCUT2D eigenvalue weighted by atomic mass is 9.92. The van der Waals surface area contributed by atoms with Gasteiger partial charge in [-0.1, -0.05) is 26.0 Å². The predicted molar refractivity (Wildman–Crippen MR) is 86.6 cm³/mol. The number of thioether (sulfide) groups is 1. The van der Waals surface area contributed by atoms with Crippen molar-refractivity contribution in [3.63, 3.8) is 0 Å². The summed E-state index contributed by atoms with van der Waals surface area (Å²) in [4.78, 5) is 0.376. The highest BCUT2D eigenvalue weighted by Gasteiger charge is 2.38. The van der Waals surface area contributed by atoms with E-state index in [2.05, 4.69) is 55.2 Å². The second-order valence-electron chi connectivity index (χ2n) is 6.31. The first-order valence-corrected chi connectivity index (χ1v) is 8.81. The summed E-state index contributed by atoms with van der Waals surface area (Å²) in [5, 5.41) is 3.68. The van der Waals surface area contributed by atoms with Gasteiger partial charge in [0.15, 0.2) is 0 Å². The van der Waals surface area contributed by atoms with Gasteiger partial charge in [0.25, 0.3) is 0 Å².